The fourth-order valence-electron chi connectivity index (χ4n) is 4.69. The fourth-order valence-corrected chi connectivity index (χ4v) is 4.69. The van der Waals surface area contributed by atoms with E-state index in [9.17, 15) is 20.1 Å². The third kappa shape index (κ3) is 2.87. The summed E-state index contributed by atoms with van der Waals surface area (Å²) in [7, 11) is 0. The van der Waals surface area contributed by atoms with Crippen molar-refractivity contribution in [3.8, 4) is 0 Å². The fraction of sp³-hybridized carbons (Fsp3) is 0.944. The van der Waals surface area contributed by atoms with E-state index in [-0.39, 0.29) is 5.91 Å². The average molecular weight is 371 g/mol. The molecular formula is C18H29NO7. The van der Waals surface area contributed by atoms with Crippen LogP contribution in [-0.4, -0.2) is 75.8 Å². The highest BCUT2D eigenvalue weighted by atomic mass is 16.7. The van der Waals surface area contributed by atoms with Crippen LogP contribution < -0.4 is 5.32 Å². The predicted molar refractivity (Wildman–Crippen MR) is 89.1 cm³/mol. The highest BCUT2D eigenvalue weighted by molar-refractivity contribution is 5.76. The second-order valence-electron chi connectivity index (χ2n) is 8.11. The van der Waals surface area contributed by atoms with Crippen LogP contribution in [0.25, 0.3) is 0 Å². The van der Waals surface area contributed by atoms with Gasteiger partial charge in [0.15, 0.2) is 6.29 Å². The van der Waals surface area contributed by atoms with Gasteiger partial charge in [0.25, 0.3) is 0 Å². The van der Waals surface area contributed by atoms with Gasteiger partial charge in [0.05, 0.1) is 12.6 Å². The monoisotopic (exact) mass is 371 g/mol. The van der Waals surface area contributed by atoms with Crippen LogP contribution in [0.3, 0.4) is 0 Å². The molecule has 1 saturated carbocycles. The van der Waals surface area contributed by atoms with Gasteiger partial charge in [-0.25, -0.2) is 0 Å². The molecule has 0 aromatic rings. The molecule has 8 heteroatoms. The normalized spacial score (nSPS) is 48.2. The number of hydrogen-bond acceptors (Lipinski definition) is 7. The summed E-state index contributed by atoms with van der Waals surface area (Å²) in [4.78, 5) is 12.2. The van der Waals surface area contributed by atoms with Gasteiger partial charge in [0.2, 0.25) is 5.91 Å². The summed E-state index contributed by atoms with van der Waals surface area (Å²) in [5, 5.41) is 33.1. The summed E-state index contributed by atoms with van der Waals surface area (Å²) in [6, 6.07) is -0.520. The second kappa shape index (κ2) is 6.68. The number of fused-ring (bicyclic) bond motifs is 4. The van der Waals surface area contributed by atoms with Crippen molar-refractivity contribution in [2.24, 2.45) is 0 Å². The summed E-state index contributed by atoms with van der Waals surface area (Å²) in [5.41, 5.74) is -2.27. The molecule has 1 amide bonds. The number of carbonyl (C=O) groups excluding carboxylic acids is 1. The van der Waals surface area contributed by atoms with Crippen LogP contribution in [0, 0.1) is 0 Å². The Labute approximate surface area is 152 Å². The van der Waals surface area contributed by atoms with Gasteiger partial charge in [-0.15, -0.1) is 0 Å². The molecule has 8 atom stereocenters. The van der Waals surface area contributed by atoms with Crippen molar-refractivity contribution in [1.82, 2.24) is 5.32 Å². The quantitative estimate of drug-likeness (QED) is 0.337. The van der Waals surface area contributed by atoms with Gasteiger partial charge in [-0.3, -0.25) is 4.79 Å². The summed E-state index contributed by atoms with van der Waals surface area (Å²) in [5.74, 6) is -0.0876. The number of aliphatic hydroxyl groups excluding tert-OH is 2. The number of rotatable bonds is 8. The Bertz CT molecular complexity index is 538. The van der Waals surface area contributed by atoms with Crippen molar-refractivity contribution in [1.29, 1.82) is 0 Å². The van der Waals surface area contributed by atoms with E-state index in [0.717, 1.165) is 19.3 Å². The Morgan fingerprint density at radius 1 is 1.12 bits per heavy atom. The third-order valence-corrected chi connectivity index (χ3v) is 6.26. The molecule has 0 aromatic heterocycles. The molecule has 1 spiro atoms. The number of amides is 1. The van der Waals surface area contributed by atoms with Crippen LogP contribution >= 0.6 is 0 Å². The number of carbonyl (C=O) groups is 1. The largest absolute Gasteiger partial charge is 0.393 e. The first-order valence-electron chi connectivity index (χ1n) is 9.75. The van der Waals surface area contributed by atoms with Crippen molar-refractivity contribution in [2.45, 2.75) is 99.8 Å². The summed E-state index contributed by atoms with van der Waals surface area (Å²) in [6.07, 6.45) is 3.05. The molecule has 0 aromatic carbocycles. The molecule has 4 N–H and O–H groups in total. The van der Waals surface area contributed by atoms with Crippen molar-refractivity contribution >= 4 is 5.91 Å². The van der Waals surface area contributed by atoms with Crippen LogP contribution in [0.1, 0.15) is 51.9 Å². The van der Waals surface area contributed by atoms with Crippen molar-refractivity contribution in [3.05, 3.63) is 0 Å². The number of unbranched alkanes of at least 4 members (excludes halogenated alkanes) is 4. The maximum atomic E-state index is 12.2. The lowest BCUT2D eigenvalue weighted by atomic mass is 9.74. The van der Waals surface area contributed by atoms with Crippen LogP contribution in [-0.2, 0) is 19.0 Å². The molecule has 148 valence electrons. The lowest BCUT2D eigenvalue weighted by molar-refractivity contribution is -0.162. The molecule has 8 nitrogen and oxygen atoms in total. The minimum atomic E-state index is -1.41. The molecular weight excluding hydrogens is 342 g/mol. The highest BCUT2D eigenvalue weighted by Crippen LogP contribution is 2.61. The Balaban J connectivity index is 1.31. The Kier molecular flexibility index (Phi) is 4.78. The second-order valence-corrected chi connectivity index (χ2v) is 8.11. The van der Waals surface area contributed by atoms with Gasteiger partial charge >= 0.3 is 0 Å². The van der Waals surface area contributed by atoms with E-state index < -0.39 is 54.6 Å². The highest BCUT2D eigenvalue weighted by Gasteiger charge is 2.83. The lowest BCUT2D eigenvalue weighted by Gasteiger charge is -2.33. The first kappa shape index (κ1) is 18.6. The van der Waals surface area contributed by atoms with Gasteiger partial charge in [-0.1, -0.05) is 32.6 Å². The van der Waals surface area contributed by atoms with Gasteiger partial charge in [-0.05, 0) is 6.42 Å². The SMILES string of the molecule is CCCCCCCC(=O)N[C@H]1CC2(OC1O)[C@@H]1O[C@@H]1C(O)(CO)[C@@H]1O[C@@H]12. The molecule has 3 aliphatic heterocycles. The number of aliphatic hydroxyl groups is 3. The van der Waals surface area contributed by atoms with E-state index >= 15 is 0 Å². The third-order valence-electron chi connectivity index (χ3n) is 6.26. The van der Waals surface area contributed by atoms with Gasteiger partial charge in [-0.2, -0.15) is 0 Å². The molecule has 4 aliphatic rings. The minimum absolute atomic E-state index is 0.0876. The van der Waals surface area contributed by atoms with E-state index in [0.29, 0.717) is 12.8 Å². The minimum Gasteiger partial charge on any atom is -0.393 e. The molecule has 3 saturated heterocycles. The molecule has 4 fully saturated rings. The number of hydrogen-bond donors (Lipinski definition) is 4. The zero-order chi connectivity index (χ0) is 18.5. The van der Waals surface area contributed by atoms with Gasteiger partial charge < -0.3 is 34.8 Å². The Morgan fingerprint density at radius 2 is 1.77 bits per heavy atom. The number of ether oxygens (including phenoxy) is 3. The predicted octanol–water partition coefficient (Wildman–Crippen LogP) is -0.419. The van der Waals surface area contributed by atoms with Crippen LogP contribution in [0.2, 0.25) is 0 Å². The first-order chi connectivity index (χ1) is 12.5. The van der Waals surface area contributed by atoms with E-state index in [1.165, 1.54) is 12.8 Å². The maximum absolute atomic E-state index is 12.2. The van der Waals surface area contributed by atoms with Crippen LogP contribution in [0.15, 0.2) is 0 Å². The zero-order valence-corrected chi connectivity index (χ0v) is 15.1. The summed E-state index contributed by atoms with van der Waals surface area (Å²) < 4.78 is 17.0. The molecule has 3 heterocycles. The van der Waals surface area contributed by atoms with E-state index in [1.54, 1.807) is 0 Å². The standard InChI is InChI=1S/C18H29NO7/c1-2-3-4-5-6-7-11(21)19-10-8-18(26-16(10)22)14-12(24-14)17(23,9-20)13-15(18)25-13/h10,12-16,20,22-23H,2-9H2,1H3,(H,19,21)/t10-,12-,13+,14+,15-,16?,17?,18?/m0/s1. The smallest absolute Gasteiger partial charge is 0.220 e. The molecule has 1 aliphatic carbocycles. The summed E-state index contributed by atoms with van der Waals surface area (Å²) >= 11 is 0. The number of epoxide rings is 2. The van der Waals surface area contributed by atoms with Crippen molar-refractivity contribution < 1.29 is 34.3 Å². The van der Waals surface area contributed by atoms with E-state index in [4.69, 9.17) is 14.2 Å². The first-order valence-corrected chi connectivity index (χ1v) is 9.75. The van der Waals surface area contributed by atoms with E-state index in [2.05, 4.69) is 12.2 Å². The Morgan fingerprint density at radius 3 is 2.38 bits per heavy atom. The Hall–Kier alpha value is -0.770. The molecule has 0 bridgehead atoms. The molecule has 4 rings (SSSR count). The molecule has 3 unspecified atom stereocenters. The molecule has 26 heavy (non-hydrogen) atoms. The van der Waals surface area contributed by atoms with Crippen LogP contribution in [0.4, 0.5) is 0 Å². The topological polar surface area (TPSA) is 124 Å². The summed E-state index contributed by atoms with van der Waals surface area (Å²) in [6.45, 7) is 1.71. The van der Waals surface area contributed by atoms with Gasteiger partial charge in [0.1, 0.15) is 35.6 Å². The van der Waals surface area contributed by atoms with Gasteiger partial charge in [0, 0.05) is 12.8 Å². The maximum Gasteiger partial charge on any atom is 0.220 e. The molecule has 0 radical (unpaired) electrons. The average Bonchev–Trinajstić information content (AvgIpc) is 3.52. The van der Waals surface area contributed by atoms with Crippen LogP contribution in [0.5, 0.6) is 0 Å². The van der Waals surface area contributed by atoms with Crippen molar-refractivity contribution in [2.75, 3.05) is 6.61 Å². The van der Waals surface area contributed by atoms with E-state index in [1.807, 2.05) is 0 Å². The number of nitrogens with one attached hydrogen (secondary N) is 1. The lowest BCUT2D eigenvalue weighted by Crippen LogP contribution is -2.58. The van der Waals surface area contributed by atoms with Crippen molar-refractivity contribution in [3.63, 3.8) is 0 Å². The zero-order valence-electron chi connectivity index (χ0n) is 15.1.